The highest BCUT2D eigenvalue weighted by Crippen LogP contribution is 2.41. The van der Waals surface area contributed by atoms with E-state index in [0.29, 0.717) is 27.1 Å². The average Bonchev–Trinajstić information content (AvgIpc) is 3.19. The van der Waals surface area contributed by atoms with E-state index in [4.69, 9.17) is 27.9 Å². The minimum absolute atomic E-state index is 0.263. The minimum Gasteiger partial charge on any atom is -0.461 e. The third-order valence-corrected chi connectivity index (χ3v) is 3.89. The molecule has 1 fully saturated rings. The molecule has 0 aliphatic heterocycles. The third-order valence-electron chi connectivity index (χ3n) is 3.28. The van der Waals surface area contributed by atoms with Crippen LogP contribution in [-0.4, -0.2) is 27.6 Å². The molecule has 21 heavy (non-hydrogen) atoms. The lowest BCUT2D eigenvalue weighted by Gasteiger charge is -2.10. The molecule has 2 aromatic rings. The SMILES string of the molecule is CCOC(=O)c1c(C2CC2)nnn1-c1c(Cl)cccc1Cl. The van der Waals surface area contributed by atoms with Gasteiger partial charge in [0.1, 0.15) is 11.4 Å². The smallest absolute Gasteiger partial charge is 0.359 e. The Morgan fingerprint density at radius 3 is 2.62 bits per heavy atom. The summed E-state index contributed by atoms with van der Waals surface area (Å²) in [6, 6.07) is 5.11. The summed E-state index contributed by atoms with van der Waals surface area (Å²) in [6.07, 6.45) is 2.00. The van der Waals surface area contributed by atoms with Crippen LogP contribution in [0.3, 0.4) is 0 Å². The molecule has 5 nitrogen and oxygen atoms in total. The van der Waals surface area contributed by atoms with Crippen LogP contribution in [0.5, 0.6) is 0 Å². The summed E-state index contributed by atoms with van der Waals surface area (Å²) in [5, 5.41) is 9.01. The Morgan fingerprint density at radius 1 is 1.38 bits per heavy atom. The summed E-state index contributed by atoms with van der Waals surface area (Å²) in [4.78, 5) is 12.3. The fourth-order valence-corrected chi connectivity index (χ4v) is 2.72. The molecule has 7 heteroatoms. The Morgan fingerprint density at radius 2 is 2.05 bits per heavy atom. The van der Waals surface area contributed by atoms with E-state index in [0.717, 1.165) is 12.8 Å². The van der Waals surface area contributed by atoms with Gasteiger partial charge in [0, 0.05) is 5.92 Å². The molecule has 1 aliphatic carbocycles. The Labute approximate surface area is 131 Å². The van der Waals surface area contributed by atoms with E-state index in [1.165, 1.54) is 4.68 Å². The van der Waals surface area contributed by atoms with Crippen LogP contribution < -0.4 is 0 Å². The van der Waals surface area contributed by atoms with Gasteiger partial charge in [0.25, 0.3) is 0 Å². The summed E-state index contributed by atoms with van der Waals surface area (Å²) in [7, 11) is 0. The lowest BCUT2D eigenvalue weighted by atomic mass is 10.2. The predicted molar refractivity (Wildman–Crippen MR) is 79.3 cm³/mol. The number of para-hydroxylation sites is 1. The first-order chi connectivity index (χ1) is 10.1. The first-order valence-electron chi connectivity index (χ1n) is 6.70. The number of esters is 1. The second-order valence-electron chi connectivity index (χ2n) is 4.80. The van der Waals surface area contributed by atoms with Gasteiger partial charge in [-0.3, -0.25) is 0 Å². The van der Waals surface area contributed by atoms with Crippen molar-refractivity contribution in [2.24, 2.45) is 0 Å². The zero-order valence-electron chi connectivity index (χ0n) is 11.3. The number of aromatic nitrogens is 3. The molecule has 1 aliphatic rings. The molecule has 1 saturated carbocycles. The number of carbonyl (C=O) groups excluding carboxylic acids is 1. The van der Waals surface area contributed by atoms with E-state index in [1.807, 2.05) is 0 Å². The van der Waals surface area contributed by atoms with E-state index in [2.05, 4.69) is 10.3 Å². The number of benzene rings is 1. The van der Waals surface area contributed by atoms with Gasteiger partial charge in [-0.15, -0.1) is 5.10 Å². The second kappa shape index (κ2) is 5.66. The number of rotatable bonds is 4. The molecule has 0 spiro atoms. The second-order valence-corrected chi connectivity index (χ2v) is 5.61. The van der Waals surface area contributed by atoms with Crippen LogP contribution in [0.25, 0.3) is 5.69 Å². The van der Waals surface area contributed by atoms with Crippen molar-refractivity contribution >= 4 is 29.2 Å². The van der Waals surface area contributed by atoms with Crippen molar-refractivity contribution in [2.45, 2.75) is 25.7 Å². The Hall–Kier alpha value is -1.59. The molecule has 0 N–H and O–H groups in total. The van der Waals surface area contributed by atoms with Gasteiger partial charge in [-0.1, -0.05) is 34.5 Å². The molecule has 3 rings (SSSR count). The fourth-order valence-electron chi connectivity index (χ4n) is 2.16. The molecule has 0 bridgehead atoms. The highest BCUT2D eigenvalue weighted by Gasteiger charge is 2.35. The van der Waals surface area contributed by atoms with Gasteiger partial charge < -0.3 is 4.74 Å². The molecule has 1 aromatic heterocycles. The van der Waals surface area contributed by atoms with Crippen molar-refractivity contribution < 1.29 is 9.53 Å². The van der Waals surface area contributed by atoms with Gasteiger partial charge in [0.2, 0.25) is 0 Å². The zero-order valence-corrected chi connectivity index (χ0v) is 12.9. The summed E-state index contributed by atoms with van der Waals surface area (Å²) >= 11 is 12.4. The Balaban J connectivity index is 2.16. The first kappa shape index (κ1) is 14.4. The number of halogens is 2. The van der Waals surface area contributed by atoms with Crippen LogP contribution in [0, 0.1) is 0 Å². The van der Waals surface area contributed by atoms with Crippen molar-refractivity contribution in [1.29, 1.82) is 0 Å². The van der Waals surface area contributed by atoms with Crippen molar-refractivity contribution in [3.05, 3.63) is 39.6 Å². The zero-order chi connectivity index (χ0) is 15.0. The molecule has 0 atom stereocenters. The highest BCUT2D eigenvalue weighted by atomic mass is 35.5. The Kier molecular flexibility index (Phi) is 3.87. The van der Waals surface area contributed by atoms with Gasteiger partial charge in [0.05, 0.1) is 16.7 Å². The van der Waals surface area contributed by atoms with Crippen molar-refractivity contribution in [3.8, 4) is 5.69 Å². The van der Waals surface area contributed by atoms with Crippen LogP contribution in [0.2, 0.25) is 10.0 Å². The molecular formula is C14H13Cl2N3O2. The van der Waals surface area contributed by atoms with Crippen molar-refractivity contribution in [2.75, 3.05) is 6.61 Å². The number of hydrogen-bond acceptors (Lipinski definition) is 4. The lowest BCUT2D eigenvalue weighted by Crippen LogP contribution is -2.14. The third kappa shape index (κ3) is 2.63. The molecule has 1 heterocycles. The van der Waals surface area contributed by atoms with Crippen LogP contribution in [0.4, 0.5) is 0 Å². The molecule has 0 radical (unpaired) electrons. The van der Waals surface area contributed by atoms with E-state index >= 15 is 0 Å². The minimum atomic E-state index is -0.458. The maximum atomic E-state index is 12.3. The normalized spacial score (nSPS) is 14.2. The van der Waals surface area contributed by atoms with E-state index in [9.17, 15) is 4.79 Å². The average molecular weight is 326 g/mol. The lowest BCUT2D eigenvalue weighted by molar-refractivity contribution is 0.0514. The first-order valence-corrected chi connectivity index (χ1v) is 7.46. The maximum absolute atomic E-state index is 12.3. The molecule has 1 aromatic carbocycles. The molecular weight excluding hydrogens is 313 g/mol. The van der Waals surface area contributed by atoms with Gasteiger partial charge >= 0.3 is 5.97 Å². The van der Waals surface area contributed by atoms with Crippen molar-refractivity contribution in [3.63, 3.8) is 0 Å². The number of carbonyl (C=O) groups is 1. The van der Waals surface area contributed by atoms with Crippen molar-refractivity contribution in [1.82, 2.24) is 15.0 Å². The number of hydrogen-bond donors (Lipinski definition) is 0. The molecule has 110 valence electrons. The monoisotopic (exact) mass is 325 g/mol. The molecule has 0 unspecified atom stereocenters. The van der Waals surface area contributed by atoms with Crippen LogP contribution in [0.1, 0.15) is 41.9 Å². The van der Waals surface area contributed by atoms with Gasteiger partial charge in [0.15, 0.2) is 5.69 Å². The summed E-state index contributed by atoms with van der Waals surface area (Å²) in [5.41, 5.74) is 1.42. The van der Waals surface area contributed by atoms with E-state index in [-0.39, 0.29) is 12.5 Å². The van der Waals surface area contributed by atoms with Gasteiger partial charge in [-0.25, -0.2) is 9.48 Å². The van der Waals surface area contributed by atoms with Crippen LogP contribution in [0.15, 0.2) is 18.2 Å². The Bertz CT molecular complexity index is 675. The molecule has 0 amide bonds. The maximum Gasteiger partial charge on any atom is 0.359 e. The van der Waals surface area contributed by atoms with Crippen LogP contribution in [-0.2, 0) is 4.74 Å². The highest BCUT2D eigenvalue weighted by molar-refractivity contribution is 6.37. The predicted octanol–water partition coefficient (Wildman–Crippen LogP) is 3.63. The quantitative estimate of drug-likeness (QED) is 0.805. The fraction of sp³-hybridized carbons (Fsp3) is 0.357. The summed E-state index contributed by atoms with van der Waals surface area (Å²) in [6.45, 7) is 2.04. The van der Waals surface area contributed by atoms with E-state index in [1.54, 1.807) is 25.1 Å². The van der Waals surface area contributed by atoms with Crippen LogP contribution >= 0.6 is 23.2 Å². The van der Waals surface area contributed by atoms with Gasteiger partial charge in [-0.05, 0) is 31.9 Å². The summed E-state index contributed by atoms with van der Waals surface area (Å²) in [5.74, 6) is -0.195. The largest absolute Gasteiger partial charge is 0.461 e. The standard InChI is InChI=1S/C14H13Cl2N3O2/c1-2-21-14(20)13-11(8-6-7-8)17-18-19(13)12-9(15)4-3-5-10(12)16/h3-5,8H,2,6-7H2,1H3. The number of nitrogens with zero attached hydrogens (tertiary/aromatic N) is 3. The molecule has 0 saturated heterocycles. The topological polar surface area (TPSA) is 57.0 Å². The number of ether oxygens (including phenoxy) is 1. The van der Waals surface area contributed by atoms with Gasteiger partial charge in [-0.2, -0.15) is 0 Å². The van der Waals surface area contributed by atoms with E-state index < -0.39 is 5.97 Å². The summed E-state index contributed by atoms with van der Waals surface area (Å²) < 4.78 is 6.51.